The van der Waals surface area contributed by atoms with E-state index in [0.717, 1.165) is 22.7 Å². The number of nitrogens with two attached hydrogens (primary N) is 1. The molecule has 31 heavy (non-hydrogen) atoms. The largest absolute Gasteiger partial charge is 0.394 e. The molecule has 154 valence electrons. The summed E-state index contributed by atoms with van der Waals surface area (Å²) in [6.07, 6.45) is 9.87. The van der Waals surface area contributed by atoms with Gasteiger partial charge in [-0.25, -0.2) is 9.67 Å². The Hall–Kier alpha value is -3.90. The molecule has 0 saturated heterocycles. The van der Waals surface area contributed by atoms with Crippen LogP contribution < -0.4 is 5.73 Å². The number of nitrogens with zero attached hydrogens (tertiary/aromatic N) is 4. The smallest absolute Gasteiger partial charge is 0.148 e. The van der Waals surface area contributed by atoms with Crippen LogP contribution in [0, 0.1) is 0 Å². The molecule has 0 bridgehead atoms. The van der Waals surface area contributed by atoms with Gasteiger partial charge in [-0.2, -0.15) is 5.10 Å². The van der Waals surface area contributed by atoms with Gasteiger partial charge in [0.2, 0.25) is 0 Å². The van der Waals surface area contributed by atoms with E-state index in [0.29, 0.717) is 18.1 Å². The van der Waals surface area contributed by atoms with Crippen molar-refractivity contribution in [2.24, 2.45) is 4.99 Å². The van der Waals surface area contributed by atoms with E-state index in [4.69, 9.17) is 10.7 Å². The Morgan fingerprint density at radius 2 is 1.74 bits per heavy atom. The van der Waals surface area contributed by atoms with Gasteiger partial charge in [0, 0.05) is 6.20 Å². The van der Waals surface area contributed by atoms with Crippen molar-refractivity contribution >= 4 is 22.9 Å². The standard InChI is InChI=1S/C25H23N5O/c26-24-20(17-27-30(24)15-16-31)28-25-23(19-11-5-2-6-12-19)22(18-9-3-1-4-10-18)21-13-7-8-14-29(21)25/h1-14,17,23,31H,15-16,26H2. The highest BCUT2D eigenvalue weighted by atomic mass is 16.3. The van der Waals surface area contributed by atoms with Crippen LogP contribution in [0.5, 0.6) is 0 Å². The number of aliphatic imine (C=N–C) groups is 1. The maximum Gasteiger partial charge on any atom is 0.148 e. The monoisotopic (exact) mass is 409 g/mol. The number of rotatable bonds is 5. The van der Waals surface area contributed by atoms with E-state index in [2.05, 4.69) is 64.6 Å². The van der Waals surface area contributed by atoms with Crippen LogP contribution in [0.4, 0.5) is 11.5 Å². The first kappa shape index (κ1) is 19.1. The van der Waals surface area contributed by atoms with E-state index < -0.39 is 0 Å². The number of anilines is 1. The Bertz CT molecular complexity index is 1210. The lowest BCUT2D eigenvalue weighted by Crippen LogP contribution is -2.23. The molecule has 0 fully saturated rings. The van der Waals surface area contributed by atoms with Crippen LogP contribution in [0.2, 0.25) is 0 Å². The Morgan fingerprint density at radius 3 is 2.48 bits per heavy atom. The van der Waals surface area contributed by atoms with Gasteiger partial charge < -0.3 is 15.7 Å². The SMILES string of the molecule is Nc1c(N=C2C(c3ccccc3)C(c3ccccc3)=C3C=CC=CN23)cnn1CCO. The molecule has 0 aliphatic carbocycles. The van der Waals surface area contributed by atoms with Crippen molar-refractivity contribution in [1.82, 2.24) is 14.7 Å². The molecule has 1 unspecified atom stereocenters. The summed E-state index contributed by atoms with van der Waals surface area (Å²) >= 11 is 0. The third kappa shape index (κ3) is 3.37. The predicted molar refractivity (Wildman–Crippen MR) is 123 cm³/mol. The van der Waals surface area contributed by atoms with Gasteiger partial charge in [0.25, 0.3) is 0 Å². The third-order valence-electron chi connectivity index (χ3n) is 5.55. The summed E-state index contributed by atoms with van der Waals surface area (Å²) < 4.78 is 1.57. The molecule has 0 radical (unpaired) electrons. The summed E-state index contributed by atoms with van der Waals surface area (Å²) in [7, 11) is 0. The topological polar surface area (TPSA) is 79.7 Å². The zero-order valence-corrected chi connectivity index (χ0v) is 17.0. The highest BCUT2D eigenvalue weighted by molar-refractivity contribution is 6.09. The van der Waals surface area contributed by atoms with E-state index in [1.807, 2.05) is 30.5 Å². The second-order valence-corrected chi connectivity index (χ2v) is 7.41. The molecule has 5 rings (SSSR count). The van der Waals surface area contributed by atoms with Gasteiger partial charge >= 0.3 is 0 Å². The van der Waals surface area contributed by atoms with Crippen molar-refractivity contribution in [1.29, 1.82) is 0 Å². The molecule has 1 atom stereocenters. The fraction of sp³-hybridized carbons (Fsp3) is 0.120. The number of hydrogen-bond acceptors (Lipinski definition) is 4. The van der Waals surface area contributed by atoms with Crippen LogP contribution in [-0.4, -0.2) is 32.2 Å². The Labute approximate surface area is 181 Å². The van der Waals surface area contributed by atoms with Crippen molar-refractivity contribution in [3.63, 3.8) is 0 Å². The molecular weight excluding hydrogens is 386 g/mol. The number of aromatic nitrogens is 2. The molecule has 2 aliphatic rings. The lowest BCUT2D eigenvalue weighted by atomic mass is 9.87. The fourth-order valence-corrected chi connectivity index (χ4v) is 4.16. The van der Waals surface area contributed by atoms with Crippen LogP contribution in [-0.2, 0) is 6.54 Å². The first-order chi connectivity index (χ1) is 15.3. The van der Waals surface area contributed by atoms with E-state index in [-0.39, 0.29) is 12.5 Å². The second-order valence-electron chi connectivity index (χ2n) is 7.41. The maximum atomic E-state index is 9.26. The van der Waals surface area contributed by atoms with Crippen molar-refractivity contribution < 1.29 is 5.11 Å². The molecule has 1 aromatic heterocycles. The molecule has 0 amide bonds. The molecule has 2 aliphatic heterocycles. The zero-order valence-electron chi connectivity index (χ0n) is 17.0. The molecule has 3 aromatic rings. The number of allylic oxidation sites excluding steroid dienone is 3. The molecular formula is C25H23N5O. The number of benzene rings is 2. The number of nitrogen functional groups attached to an aromatic ring is 1. The van der Waals surface area contributed by atoms with Crippen LogP contribution in [0.1, 0.15) is 17.0 Å². The summed E-state index contributed by atoms with van der Waals surface area (Å²) in [6.45, 7) is 0.308. The Balaban J connectivity index is 1.71. The summed E-state index contributed by atoms with van der Waals surface area (Å²) in [5, 5.41) is 13.5. The molecule has 3 heterocycles. The van der Waals surface area contributed by atoms with Crippen LogP contribution in [0.3, 0.4) is 0 Å². The van der Waals surface area contributed by atoms with Gasteiger partial charge in [0.05, 0.1) is 31.0 Å². The van der Waals surface area contributed by atoms with Gasteiger partial charge in [0.15, 0.2) is 0 Å². The molecule has 0 spiro atoms. The highest BCUT2D eigenvalue weighted by Gasteiger charge is 2.38. The Morgan fingerprint density at radius 1 is 1.00 bits per heavy atom. The average molecular weight is 409 g/mol. The van der Waals surface area contributed by atoms with Crippen LogP contribution in [0.25, 0.3) is 5.57 Å². The van der Waals surface area contributed by atoms with E-state index >= 15 is 0 Å². The maximum absolute atomic E-state index is 9.26. The minimum Gasteiger partial charge on any atom is -0.394 e. The summed E-state index contributed by atoms with van der Waals surface area (Å²) in [4.78, 5) is 7.13. The molecule has 6 nitrogen and oxygen atoms in total. The first-order valence-electron chi connectivity index (χ1n) is 10.3. The normalized spacial score (nSPS) is 18.8. The van der Waals surface area contributed by atoms with Gasteiger partial charge in [-0.1, -0.05) is 66.7 Å². The third-order valence-corrected chi connectivity index (χ3v) is 5.55. The molecule has 6 heteroatoms. The quantitative estimate of drug-likeness (QED) is 0.665. The zero-order chi connectivity index (χ0) is 21.2. The molecule has 3 N–H and O–H groups in total. The average Bonchev–Trinajstić information content (AvgIpc) is 3.34. The summed E-state index contributed by atoms with van der Waals surface area (Å²) in [6, 6.07) is 20.8. The number of aliphatic hydroxyl groups is 1. The number of amidine groups is 1. The number of hydrogen-bond donors (Lipinski definition) is 2. The van der Waals surface area contributed by atoms with E-state index in [1.165, 1.54) is 5.57 Å². The van der Waals surface area contributed by atoms with E-state index in [9.17, 15) is 5.11 Å². The van der Waals surface area contributed by atoms with Crippen molar-refractivity contribution in [3.05, 3.63) is 108 Å². The highest BCUT2D eigenvalue weighted by Crippen LogP contribution is 2.46. The minimum atomic E-state index is -0.0633. The van der Waals surface area contributed by atoms with E-state index in [1.54, 1.807) is 10.9 Å². The molecule has 0 saturated carbocycles. The summed E-state index contributed by atoms with van der Waals surface area (Å²) in [5.41, 5.74) is 11.5. The van der Waals surface area contributed by atoms with Gasteiger partial charge in [-0.05, 0) is 28.9 Å². The van der Waals surface area contributed by atoms with Crippen molar-refractivity contribution in [2.75, 3.05) is 12.3 Å². The number of fused-ring (bicyclic) bond motifs is 1. The van der Waals surface area contributed by atoms with Crippen molar-refractivity contribution in [3.8, 4) is 0 Å². The first-order valence-corrected chi connectivity index (χ1v) is 10.3. The number of aliphatic hydroxyl groups excluding tert-OH is 1. The Kier molecular flexibility index (Phi) is 4.98. The summed E-state index contributed by atoms with van der Waals surface area (Å²) in [5.74, 6) is 1.25. The van der Waals surface area contributed by atoms with Gasteiger partial charge in [0.1, 0.15) is 17.3 Å². The molecule has 2 aromatic carbocycles. The second kappa shape index (κ2) is 8.08. The minimum absolute atomic E-state index is 0.0297. The van der Waals surface area contributed by atoms with Gasteiger partial charge in [-0.15, -0.1) is 0 Å². The van der Waals surface area contributed by atoms with Gasteiger partial charge in [-0.3, -0.25) is 0 Å². The lowest BCUT2D eigenvalue weighted by molar-refractivity contribution is 0.270. The van der Waals surface area contributed by atoms with Crippen LogP contribution in [0.15, 0.2) is 102 Å². The van der Waals surface area contributed by atoms with Crippen LogP contribution >= 0.6 is 0 Å². The van der Waals surface area contributed by atoms with Crippen molar-refractivity contribution in [2.45, 2.75) is 12.5 Å². The lowest BCUT2D eigenvalue weighted by Gasteiger charge is -2.21. The fourth-order valence-electron chi connectivity index (χ4n) is 4.16. The predicted octanol–water partition coefficient (Wildman–Crippen LogP) is 4.08.